The molecule has 6 heteroatoms. The molecule has 0 radical (unpaired) electrons. The van der Waals surface area contributed by atoms with Crippen molar-refractivity contribution in [1.82, 2.24) is 10.3 Å². The van der Waals surface area contributed by atoms with E-state index in [-0.39, 0.29) is 16.4 Å². The minimum Gasteiger partial charge on any atom is -0.383 e. The van der Waals surface area contributed by atoms with E-state index < -0.39 is 5.82 Å². The smallest absolute Gasteiger partial charge is 0.269 e. The molecule has 0 saturated carbocycles. The van der Waals surface area contributed by atoms with Crippen LogP contribution >= 0.6 is 15.9 Å². The number of halogens is 2. The number of carbonyl (C=O) groups is 1. The molecule has 1 rings (SSSR count). The van der Waals surface area contributed by atoms with E-state index in [9.17, 15) is 9.18 Å². The van der Waals surface area contributed by atoms with E-state index in [0.29, 0.717) is 13.2 Å². The number of aromatic nitrogens is 1. The average Bonchev–Trinajstić information content (AvgIpc) is 2.27. The normalized spacial score (nSPS) is 12.2. The molecule has 0 aliphatic carbocycles. The number of rotatable bonds is 5. The summed E-state index contributed by atoms with van der Waals surface area (Å²) in [5.41, 5.74) is 0.193. The lowest BCUT2D eigenvalue weighted by Gasteiger charge is -2.09. The molecule has 1 unspecified atom stereocenters. The van der Waals surface area contributed by atoms with Crippen molar-refractivity contribution in [3.05, 3.63) is 29.8 Å². The van der Waals surface area contributed by atoms with Crippen LogP contribution < -0.4 is 5.32 Å². The van der Waals surface area contributed by atoms with Crippen molar-refractivity contribution in [3.63, 3.8) is 0 Å². The fourth-order valence-corrected chi connectivity index (χ4v) is 1.47. The third kappa shape index (κ3) is 4.24. The van der Waals surface area contributed by atoms with Gasteiger partial charge in [0.2, 0.25) is 0 Å². The summed E-state index contributed by atoms with van der Waals surface area (Å²) in [6, 6.07) is 2.53. The summed E-state index contributed by atoms with van der Waals surface area (Å²) >= 11 is 3.33. The predicted octanol–water partition coefficient (Wildman–Crippen LogP) is 1.36. The van der Waals surface area contributed by atoms with E-state index in [1.54, 1.807) is 7.11 Å². The molecule has 88 valence electrons. The zero-order valence-electron chi connectivity index (χ0n) is 8.74. The number of hydrogen-bond donors (Lipinski definition) is 1. The Balaban J connectivity index is 2.43. The van der Waals surface area contributed by atoms with Gasteiger partial charge in [0.25, 0.3) is 5.91 Å². The summed E-state index contributed by atoms with van der Waals surface area (Å²) in [6.45, 7) is 0.920. The Hall–Kier alpha value is -1.01. The Kier molecular flexibility index (Phi) is 5.34. The zero-order chi connectivity index (χ0) is 12.0. The molecule has 0 spiro atoms. The van der Waals surface area contributed by atoms with Gasteiger partial charge in [0.05, 0.1) is 17.6 Å². The van der Waals surface area contributed by atoms with Crippen LogP contribution in [-0.2, 0) is 4.74 Å². The second kappa shape index (κ2) is 6.55. The van der Waals surface area contributed by atoms with Crippen molar-refractivity contribution in [2.45, 2.75) is 4.83 Å². The van der Waals surface area contributed by atoms with Crippen LogP contribution in [0.4, 0.5) is 4.39 Å². The molecule has 0 saturated heterocycles. The fraction of sp³-hybridized carbons (Fsp3) is 0.400. The van der Waals surface area contributed by atoms with E-state index in [1.807, 2.05) is 0 Å². The standard InChI is InChI=1S/C10H12BrFN2O2/c1-16-6-7(11)4-14-10(15)9-3-2-8(12)5-13-9/h2-3,5,7H,4,6H2,1H3,(H,14,15). The van der Waals surface area contributed by atoms with Crippen molar-refractivity contribution >= 4 is 21.8 Å². The third-order valence-corrected chi connectivity index (χ3v) is 2.38. The number of alkyl halides is 1. The molecule has 0 fully saturated rings. The lowest BCUT2D eigenvalue weighted by atomic mass is 10.3. The quantitative estimate of drug-likeness (QED) is 0.833. The fourth-order valence-electron chi connectivity index (χ4n) is 1.04. The first-order valence-corrected chi connectivity index (χ1v) is 5.58. The van der Waals surface area contributed by atoms with Crippen LogP contribution in [0.2, 0.25) is 0 Å². The Morgan fingerprint density at radius 1 is 1.69 bits per heavy atom. The van der Waals surface area contributed by atoms with E-state index in [4.69, 9.17) is 4.74 Å². The maximum absolute atomic E-state index is 12.5. The van der Waals surface area contributed by atoms with Gasteiger partial charge in [-0.2, -0.15) is 0 Å². The van der Waals surface area contributed by atoms with Crippen LogP contribution in [0.15, 0.2) is 18.3 Å². The number of methoxy groups -OCH3 is 1. The number of amides is 1. The van der Waals surface area contributed by atoms with Crippen molar-refractivity contribution in [3.8, 4) is 0 Å². The molecular formula is C10H12BrFN2O2. The maximum Gasteiger partial charge on any atom is 0.269 e. The number of nitrogens with zero attached hydrogens (tertiary/aromatic N) is 1. The van der Waals surface area contributed by atoms with Crippen LogP contribution in [0.25, 0.3) is 0 Å². The second-order valence-corrected chi connectivity index (χ2v) is 4.42. The van der Waals surface area contributed by atoms with Gasteiger partial charge in [0.1, 0.15) is 11.5 Å². The molecule has 1 atom stereocenters. The summed E-state index contributed by atoms with van der Waals surface area (Å²) in [4.78, 5) is 15.2. The van der Waals surface area contributed by atoms with E-state index in [0.717, 1.165) is 6.20 Å². The predicted molar refractivity (Wildman–Crippen MR) is 61.1 cm³/mol. The molecule has 1 N–H and O–H groups in total. The zero-order valence-corrected chi connectivity index (χ0v) is 10.3. The molecule has 4 nitrogen and oxygen atoms in total. The van der Waals surface area contributed by atoms with Gasteiger partial charge in [0.15, 0.2) is 0 Å². The first-order valence-electron chi connectivity index (χ1n) is 4.66. The van der Waals surface area contributed by atoms with Crippen LogP contribution in [-0.4, -0.2) is 36.0 Å². The lowest BCUT2D eigenvalue weighted by Crippen LogP contribution is -2.31. The van der Waals surface area contributed by atoms with Crippen LogP contribution in [0, 0.1) is 5.82 Å². The van der Waals surface area contributed by atoms with Crippen molar-refractivity contribution < 1.29 is 13.9 Å². The number of hydrogen-bond acceptors (Lipinski definition) is 3. The van der Waals surface area contributed by atoms with Gasteiger partial charge in [-0.3, -0.25) is 4.79 Å². The van der Waals surface area contributed by atoms with Crippen molar-refractivity contribution in [2.24, 2.45) is 0 Å². The summed E-state index contributed by atoms with van der Waals surface area (Å²) in [7, 11) is 1.58. The topological polar surface area (TPSA) is 51.2 Å². The first kappa shape index (κ1) is 13.1. The van der Waals surface area contributed by atoms with E-state index in [1.165, 1.54) is 12.1 Å². The van der Waals surface area contributed by atoms with Gasteiger partial charge >= 0.3 is 0 Å². The van der Waals surface area contributed by atoms with Gasteiger partial charge in [-0.05, 0) is 12.1 Å². The lowest BCUT2D eigenvalue weighted by molar-refractivity contribution is 0.0945. The molecule has 1 aromatic rings. The monoisotopic (exact) mass is 290 g/mol. The molecular weight excluding hydrogens is 279 g/mol. The number of carbonyl (C=O) groups excluding carboxylic acids is 1. The molecule has 0 aliphatic heterocycles. The van der Waals surface area contributed by atoms with Crippen LogP contribution in [0.1, 0.15) is 10.5 Å². The molecule has 0 bridgehead atoms. The molecule has 1 amide bonds. The average molecular weight is 291 g/mol. The maximum atomic E-state index is 12.5. The van der Waals surface area contributed by atoms with Gasteiger partial charge in [-0.1, -0.05) is 15.9 Å². The minimum absolute atomic E-state index is 0.0434. The largest absolute Gasteiger partial charge is 0.383 e. The first-order chi connectivity index (χ1) is 7.63. The van der Waals surface area contributed by atoms with Crippen LogP contribution in [0.5, 0.6) is 0 Å². The highest BCUT2D eigenvalue weighted by Gasteiger charge is 2.09. The summed E-state index contributed by atoms with van der Waals surface area (Å²) < 4.78 is 17.4. The summed E-state index contributed by atoms with van der Waals surface area (Å²) in [5.74, 6) is -0.796. The highest BCUT2D eigenvalue weighted by atomic mass is 79.9. The Morgan fingerprint density at radius 2 is 2.44 bits per heavy atom. The molecule has 0 aromatic carbocycles. The van der Waals surface area contributed by atoms with Crippen molar-refractivity contribution in [1.29, 1.82) is 0 Å². The highest BCUT2D eigenvalue weighted by molar-refractivity contribution is 9.09. The van der Waals surface area contributed by atoms with Gasteiger partial charge in [0, 0.05) is 13.7 Å². The van der Waals surface area contributed by atoms with Gasteiger partial charge in [-0.25, -0.2) is 9.37 Å². The van der Waals surface area contributed by atoms with Gasteiger partial charge in [-0.15, -0.1) is 0 Å². The Morgan fingerprint density at radius 3 is 3.00 bits per heavy atom. The highest BCUT2D eigenvalue weighted by Crippen LogP contribution is 2.00. The summed E-state index contributed by atoms with van der Waals surface area (Å²) in [6.07, 6.45) is 1.01. The third-order valence-electron chi connectivity index (χ3n) is 1.79. The molecule has 0 aliphatic rings. The molecule has 1 aromatic heterocycles. The minimum atomic E-state index is -0.464. The molecule has 16 heavy (non-hydrogen) atoms. The number of nitrogens with one attached hydrogen (secondary N) is 1. The molecule has 1 heterocycles. The Labute approximate surface area is 101 Å². The van der Waals surface area contributed by atoms with Gasteiger partial charge < -0.3 is 10.1 Å². The number of ether oxygens (including phenoxy) is 1. The Bertz CT molecular complexity index is 345. The van der Waals surface area contributed by atoms with E-state index in [2.05, 4.69) is 26.2 Å². The van der Waals surface area contributed by atoms with Crippen molar-refractivity contribution in [2.75, 3.05) is 20.3 Å². The van der Waals surface area contributed by atoms with E-state index >= 15 is 0 Å². The van der Waals surface area contributed by atoms with Crippen LogP contribution in [0.3, 0.4) is 0 Å². The second-order valence-electron chi connectivity index (χ2n) is 3.12. The SMILES string of the molecule is COCC(Br)CNC(=O)c1ccc(F)cn1. The summed E-state index contributed by atoms with van der Waals surface area (Å²) in [5, 5.41) is 2.65. The number of pyridine rings is 1.